The average Bonchev–Trinajstić information content (AvgIpc) is 2.47. The Kier molecular flexibility index (Phi) is 10.5. The molecule has 0 aromatic carbocycles. The lowest BCUT2D eigenvalue weighted by Crippen LogP contribution is -2.45. The van der Waals surface area contributed by atoms with Crippen LogP contribution in [0.15, 0.2) is 0 Å². The van der Waals surface area contributed by atoms with Gasteiger partial charge in [-0.2, -0.15) is 0 Å². The summed E-state index contributed by atoms with van der Waals surface area (Å²) in [7, 11) is 0. The van der Waals surface area contributed by atoms with Crippen LogP contribution in [-0.4, -0.2) is 36.1 Å². The first-order chi connectivity index (χ1) is 10.9. The second-order valence-electron chi connectivity index (χ2n) is 8.81. The Balaban J connectivity index is 2.26. The van der Waals surface area contributed by atoms with Crippen LogP contribution in [-0.2, 0) is 0 Å². The third-order valence-corrected chi connectivity index (χ3v) is 5.59. The number of nitrogens with one attached hydrogen (secondary N) is 1. The molecule has 0 bridgehead atoms. The summed E-state index contributed by atoms with van der Waals surface area (Å²) < 4.78 is 0. The summed E-state index contributed by atoms with van der Waals surface area (Å²) in [4.78, 5) is 2.74. The quantitative estimate of drug-likeness (QED) is 0.507. The molecule has 1 rings (SSSR count). The van der Waals surface area contributed by atoms with Crippen molar-refractivity contribution in [2.45, 2.75) is 111 Å². The van der Waals surface area contributed by atoms with E-state index in [1.165, 1.54) is 64.5 Å². The minimum absolute atomic E-state index is 0.732. The van der Waals surface area contributed by atoms with E-state index < -0.39 is 0 Å². The molecule has 0 amide bonds. The molecule has 1 aliphatic rings. The smallest absolute Gasteiger partial charge is 0.00697 e. The van der Waals surface area contributed by atoms with Gasteiger partial charge in [0.05, 0.1) is 0 Å². The van der Waals surface area contributed by atoms with Crippen LogP contribution >= 0.6 is 0 Å². The van der Waals surface area contributed by atoms with Gasteiger partial charge in [0.25, 0.3) is 0 Å². The predicted molar refractivity (Wildman–Crippen MR) is 104 cm³/mol. The number of rotatable bonds is 11. The van der Waals surface area contributed by atoms with Crippen molar-refractivity contribution in [3.63, 3.8) is 0 Å². The molecule has 1 saturated heterocycles. The van der Waals surface area contributed by atoms with Gasteiger partial charge >= 0.3 is 0 Å². The molecule has 1 aliphatic heterocycles. The highest BCUT2D eigenvalue weighted by atomic mass is 15.2. The van der Waals surface area contributed by atoms with Gasteiger partial charge in [-0.1, -0.05) is 34.1 Å². The van der Waals surface area contributed by atoms with Gasteiger partial charge in [-0.15, -0.1) is 0 Å². The van der Waals surface area contributed by atoms with E-state index in [2.05, 4.69) is 51.8 Å². The summed E-state index contributed by atoms with van der Waals surface area (Å²) in [6.07, 6.45) is 10.9. The third-order valence-electron chi connectivity index (χ3n) is 5.59. The molecule has 2 heteroatoms. The molecule has 0 saturated carbocycles. The van der Waals surface area contributed by atoms with Gasteiger partial charge in [0, 0.05) is 18.1 Å². The largest absolute Gasteiger partial charge is 0.314 e. The number of hydrogen-bond donors (Lipinski definition) is 1. The Hall–Kier alpha value is -0.0800. The van der Waals surface area contributed by atoms with Crippen LogP contribution in [0.1, 0.15) is 92.9 Å². The highest BCUT2D eigenvalue weighted by Gasteiger charge is 2.23. The number of piperidine rings is 1. The molecule has 23 heavy (non-hydrogen) atoms. The van der Waals surface area contributed by atoms with Gasteiger partial charge in [0.15, 0.2) is 0 Å². The molecule has 138 valence electrons. The summed E-state index contributed by atoms with van der Waals surface area (Å²) in [6.45, 7) is 16.7. The van der Waals surface area contributed by atoms with Crippen molar-refractivity contribution in [2.24, 2.45) is 11.8 Å². The first-order valence-corrected chi connectivity index (χ1v) is 10.4. The van der Waals surface area contributed by atoms with Crippen LogP contribution in [0.5, 0.6) is 0 Å². The molecule has 0 aliphatic carbocycles. The zero-order valence-corrected chi connectivity index (χ0v) is 16.9. The predicted octanol–water partition coefficient (Wildman–Crippen LogP) is 5.47. The Morgan fingerprint density at radius 2 is 1.39 bits per heavy atom. The highest BCUT2D eigenvalue weighted by molar-refractivity contribution is 4.79. The van der Waals surface area contributed by atoms with E-state index >= 15 is 0 Å². The lowest BCUT2D eigenvalue weighted by atomic mass is 9.96. The fourth-order valence-electron chi connectivity index (χ4n) is 3.90. The van der Waals surface area contributed by atoms with E-state index in [-0.39, 0.29) is 0 Å². The normalized spacial score (nSPS) is 23.3. The Morgan fingerprint density at radius 1 is 0.870 bits per heavy atom. The molecule has 2 unspecified atom stereocenters. The monoisotopic (exact) mass is 324 g/mol. The zero-order valence-electron chi connectivity index (χ0n) is 16.9. The van der Waals surface area contributed by atoms with E-state index in [1.54, 1.807) is 0 Å². The summed E-state index contributed by atoms with van der Waals surface area (Å²) in [5.41, 5.74) is 0. The molecule has 1 heterocycles. The van der Waals surface area contributed by atoms with Crippen molar-refractivity contribution in [2.75, 3.05) is 13.1 Å². The van der Waals surface area contributed by atoms with Gasteiger partial charge in [-0.05, 0) is 83.7 Å². The molecule has 0 aromatic rings. The Bertz CT molecular complexity index is 266. The maximum atomic E-state index is 3.87. The van der Waals surface area contributed by atoms with Crippen LogP contribution in [0.25, 0.3) is 0 Å². The van der Waals surface area contributed by atoms with E-state index in [9.17, 15) is 0 Å². The van der Waals surface area contributed by atoms with Gasteiger partial charge in [-0.25, -0.2) is 0 Å². The van der Waals surface area contributed by atoms with Gasteiger partial charge in [-0.3, -0.25) is 4.90 Å². The van der Waals surface area contributed by atoms with Gasteiger partial charge < -0.3 is 5.32 Å². The van der Waals surface area contributed by atoms with Crippen LogP contribution in [0.3, 0.4) is 0 Å². The molecular weight excluding hydrogens is 280 g/mol. The van der Waals surface area contributed by atoms with E-state index in [1.807, 2.05) is 0 Å². The van der Waals surface area contributed by atoms with Crippen molar-refractivity contribution in [3.05, 3.63) is 0 Å². The minimum atomic E-state index is 0.732. The molecule has 2 nitrogen and oxygen atoms in total. The number of hydrogen-bond acceptors (Lipinski definition) is 2. The van der Waals surface area contributed by atoms with Crippen LogP contribution < -0.4 is 5.32 Å². The maximum Gasteiger partial charge on any atom is 0.00697 e. The van der Waals surface area contributed by atoms with E-state index in [0.29, 0.717) is 0 Å². The summed E-state index contributed by atoms with van der Waals surface area (Å²) in [6, 6.07) is 2.31. The lowest BCUT2D eigenvalue weighted by Gasteiger charge is -2.39. The maximum absolute atomic E-state index is 3.87. The molecule has 1 fully saturated rings. The van der Waals surface area contributed by atoms with Crippen molar-refractivity contribution >= 4 is 0 Å². The molecular formula is C21H44N2. The highest BCUT2D eigenvalue weighted by Crippen LogP contribution is 2.22. The molecule has 2 atom stereocenters. The van der Waals surface area contributed by atoms with Crippen LogP contribution in [0.2, 0.25) is 0 Å². The van der Waals surface area contributed by atoms with Crippen LogP contribution in [0, 0.1) is 11.8 Å². The standard InChI is InChI=1S/C21H44N2/c1-17(2)11-13-21(14-12-18(3)4)22-15-8-16-23-19(5)9-7-10-20(23)6/h17-22H,7-16H2,1-6H3. The average molecular weight is 325 g/mol. The first kappa shape index (κ1) is 21.0. The fourth-order valence-corrected chi connectivity index (χ4v) is 3.90. The minimum Gasteiger partial charge on any atom is -0.314 e. The third kappa shape index (κ3) is 9.10. The first-order valence-electron chi connectivity index (χ1n) is 10.4. The van der Waals surface area contributed by atoms with Crippen LogP contribution in [0.4, 0.5) is 0 Å². The second kappa shape index (κ2) is 11.5. The van der Waals surface area contributed by atoms with Crippen molar-refractivity contribution in [1.82, 2.24) is 10.2 Å². The van der Waals surface area contributed by atoms with Crippen molar-refractivity contribution in [3.8, 4) is 0 Å². The Morgan fingerprint density at radius 3 is 1.87 bits per heavy atom. The van der Waals surface area contributed by atoms with Crippen molar-refractivity contribution in [1.29, 1.82) is 0 Å². The molecule has 0 radical (unpaired) electrons. The molecule has 0 aromatic heterocycles. The number of nitrogens with zero attached hydrogens (tertiary/aromatic N) is 1. The van der Waals surface area contributed by atoms with Crippen molar-refractivity contribution < 1.29 is 0 Å². The Labute approximate surface area is 146 Å². The fraction of sp³-hybridized carbons (Fsp3) is 1.00. The van der Waals surface area contributed by atoms with Gasteiger partial charge in [0.1, 0.15) is 0 Å². The van der Waals surface area contributed by atoms with E-state index in [0.717, 1.165) is 30.0 Å². The summed E-state index contributed by atoms with van der Waals surface area (Å²) in [5.74, 6) is 1.65. The lowest BCUT2D eigenvalue weighted by molar-refractivity contribution is 0.102. The van der Waals surface area contributed by atoms with E-state index in [4.69, 9.17) is 0 Å². The topological polar surface area (TPSA) is 15.3 Å². The number of likely N-dealkylation sites (tertiary alicyclic amines) is 1. The summed E-state index contributed by atoms with van der Waals surface area (Å²) >= 11 is 0. The molecule has 1 N–H and O–H groups in total. The second-order valence-corrected chi connectivity index (χ2v) is 8.81. The van der Waals surface area contributed by atoms with Gasteiger partial charge in [0.2, 0.25) is 0 Å². The zero-order chi connectivity index (χ0) is 17.2. The SMILES string of the molecule is CC(C)CCC(CCC(C)C)NCCCN1C(C)CCCC1C. The summed E-state index contributed by atoms with van der Waals surface area (Å²) in [5, 5.41) is 3.87. The molecule has 0 spiro atoms.